The third kappa shape index (κ3) is 2.59. The van der Waals surface area contributed by atoms with Gasteiger partial charge in [0.1, 0.15) is 5.75 Å². The summed E-state index contributed by atoms with van der Waals surface area (Å²) in [7, 11) is 0. The average molecular weight is 366 g/mol. The van der Waals surface area contributed by atoms with Crippen LogP contribution in [0.15, 0.2) is 66.7 Å². The van der Waals surface area contributed by atoms with E-state index in [0.29, 0.717) is 17.7 Å². The second-order valence-corrected chi connectivity index (χ2v) is 7.27. The van der Waals surface area contributed by atoms with Crippen LogP contribution in [-0.4, -0.2) is 11.8 Å². The van der Waals surface area contributed by atoms with Crippen LogP contribution in [0.1, 0.15) is 38.3 Å². The van der Waals surface area contributed by atoms with Crippen LogP contribution in [0.25, 0.3) is 21.5 Å². The van der Waals surface area contributed by atoms with E-state index < -0.39 is 0 Å². The molecule has 4 aromatic carbocycles. The van der Waals surface area contributed by atoms with Crippen LogP contribution in [0, 0.1) is 6.92 Å². The minimum atomic E-state index is -0.367. The summed E-state index contributed by atoms with van der Waals surface area (Å²) in [5.41, 5.74) is 3.66. The molecular formula is C25H18O3. The first-order chi connectivity index (χ1) is 13.6. The Bertz CT molecular complexity index is 1270. The molecule has 0 radical (unpaired) electrons. The fraction of sp³-hybridized carbons (Fsp3) is 0.120. The first kappa shape index (κ1) is 16.7. The number of ketones is 1. The van der Waals surface area contributed by atoms with E-state index in [1.54, 1.807) is 12.1 Å². The van der Waals surface area contributed by atoms with Crippen molar-refractivity contribution in [3.63, 3.8) is 0 Å². The average Bonchev–Trinajstić information content (AvgIpc) is 3.09. The molecule has 3 heteroatoms. The van der Waals surface area contributed by atoms with Gasteiger partial charge >= 0.3 is 5.97 Å². The molecule has 0 N–H and O–H groups in total. The van der Waals surface area contributed by atoms with Crippen LogP contribution in [0.3, 0.4) is 0 Å². The lowest BCUT2D eigenvalue weighted by Gasteiger charge is -2.12. The molecule has 28 heavy (non-hydrogen) atoms. The predicted molar refractivity (Wildman–Crippen MR) is 110 cm³/mol. The lowest BCUT2D eigenvalue weighted by Crippen LogP contribution is -2.07. The number of benzene rings is 4. The van der Waals surface area contributed by atoms with Gasteiger partial charge in [0.15, 0.2) is 5.78 Å². The summed E-state index contributed by atoms with van der Waals surface area (Å²) in [4.78, 5) is 24.5. The molecule has 0 aliphatic heterocycles. The Hall–Kier alpha value is -3.46. The highest BCUT2D eigenvalue weighted by Gasteiger charge is 2.23. The van der Waals surface area contributed by atoms with E-state index in [9.17, 15) is 9.59 Å². The number of ether oxygens (including phenoxy) is 1. The van der Waals surface area contributed by atoms with E-state index in [4.69, 9.17) is 4.74 Å². The molecule has 0 amide bonds. The summed E-state index contributed by atoms with van der Waals surface area (Å²) in [6.45, 7) is 2.05. The number of Topliss-reactive ketones (excluding diaryl/α,β-unsaturated/α-hetero) is 1. The molecule has 3 nitrogen and oxygen atoms in total. The van der Waals surface area contributed by atoms with Crippen LogP contribution >= 0.6 is 0 Å². The van der Waals surface area contributed by atoms with E-state index in [1.165, 1.54) is 5.39 Å². The van der Waals surface area contributed by atoms with Crippen molar-refractivity contribution in [2.24, 2.45) is 0 Å². The van der Waals surface area contributed by atoms with Crippen LogP contribution < -0.4 is 4.74 Å². The Morgan fingerprint density at radius 3 is 2.50 bits per heavy atom. The number of carbonyl (C=O) groups is 2. The number of rotatable bonds is 2. The number of hydrogen-bond donors (Lipinski definition) is 0. The van der Waals surface area contributed by atoms with Gasteiger partial charge in [0.25, 0.3) is 0 Å². The summed E-state index contributed by atoms with van der Waals surface area (Å²) in [6.07, 6.45) is 1.41. The van der Waals surface area contributed by atoms with Gasteiger partial charge in [-0.3, -0.25) is 4.79 Å². The maximum Gasteiger partial charge on any atom is 0.343 e. The van der Waals surface area contributed by atoms with Crippen molar-refractivity contribution >= 4 is 33.3 Å². The summed E-state index contributed by atoms with van der Waals surface area (Å²) >= 11 is 0. The number of esters is 1. The van der Waals surface area contributed by atoms with Crippen molar-refractivity contribution in [2.45, 2.75) is 19.8 Å². The smallest absolute Gasteiger partial charge is 0.343 e. The minimum Gasteiger partial charge on any atom is -0.423 e. The molecule has 0 fully saturated rings. The van der Waals surface area contributed by atoms with Gasteiger partial charge in [-0.1, -0.05) is 36.4 Å². The SMILES string of the molecule is Cc1cc2c(c3ccc4cc(OC(=O)c5ccccc5)ccc4c13)CCC2=O. The lowest BCUT2D eigenvalue weighted by atomic mass is 9.92. The summed E-state index contributed by atoms with van der Waals surface area (Å²) < 4.78 is 5.56. The largest absolute Gasteiger partial charge is 0.423 e. The number of fused-ring (bicyclic) bond motifs is 5. The Morgan fingerprint density at radius 1 is 0.893 bits per heavy atom. The zero-order valence-corrected chi connectivity index (χ0v) is 15.5. The molecule has 0 bridgehead atoms. The lowest BCUT2D eigenvalue weighted by molar-refractivity contribution is 0.0734. The third-order valence-electron chi connectivity index (χ3n) is 5.52. The molecule has 0 saturated carbocycles. The molecule has 0 aromatic heterocycles. The van der Waals surface area contributed by atoms with Crippen molar-refractivity contribution in [3.8, 4) is 5.75 Å². The maximum atomic E-state index is 12.3. The van der Waals surface area contributed by atoms with Crippen molar-refractivity contribution in [1.82, 2.24) is 0 Å². The molecule has 1 aliphatic rings. The third-order valence-corrected chi connectivity index (χ3v) is 5.52. The molecule has 0 unspecified atom stereocenters. The van der Waals surface area contributed by atoms with Gasteiger partial charge in [-0.05, 0) is 76.3 Å². The van der Waals surface area contributed by atoms with Crippen molar-refractivity contribution in [3.05, 3.63) is 89.0 Å². The highest BCUT2D eigenvalue weighted by Crippen LogP contribution is 2.37. The summed E-state index contributed by atoms with van der Waals surface area (Å²) in [6, 6.07) is 20.9. The first-order valence-corrected chi connectivity index (χ1v) is 9.41. The van der Waals surface area contributed by atoms with Crippen LogP contribution in [0.4, 0.5) is 0 Å². The highest BCUT2D eigenvalue weighted by atomic mass is 16.5. The van der Waals surface area contributed by atoms with Gasteiger partial charge in [-0.15, -0.1) is 0 Å². The van der Waals surface area contributed by atoms with Crippen molar-refractivity contribution in [1.29, 1.82) is 0 Å². The molecule has 4 aromatic rings. The molecule has 0 saturated heterocycles. The standard InChI is InChI=1S/C25H18O3/c1-15-13-22-20(11-12-23(22)26)21-9-7-17-14-18(8-10-19(17)24(15)21)28-25(27)16-5-3-2-4-6-16/h2-10,13-14H,11-12H2,1H3. The normalized spacial score (nSPS) is 13.1. The fourth-order valence-electron chi connectivity index (χ4n) is 4.20. The topological polar surface area (TPSA) is 43.4 Å². The Morgan fingerprint density at radius 2 is 1.68 bits per heavy atom. The highest BCUT2D eigenvalue weighted by molar-refractivity contribution is 6.14. The number of carbonyl (C=O) groups excluding carboxylic acids is 2. The van der Waals surface area contributed by atoms with E-state index in [0.717, 1.165) is 39.3 Å². The van der Waals surface area contributed by atoms with Gasteiger partial charge in [-0.25, -0.2) is 4.79 Å². The quantitative estimate of drug-likeness (QED) is 0.262. The van der Waals surface area contributed by atoms with Gasteiger partial charge in [0.2, 0.25) is 0 Å². The van der Waals surface area contributed by atoms with Crippen LogP contribution in [-0.2, 0) is 6.42 Å². The van der Waals surface area contributed by atoms with E-state index in [2.05, 4.69) is 13.0 Å². The second kappa shape index (κ2) is 6.31. The van der Waals surface area contributed by atoms with Gasteiger partial charge < -0.3 is 4.74 Å². The zero-order chi connectivity index (χ0) is 19.3. The van der Waals surface area contributed by atoms with Gasteiger partial charge in [-0.2, -0.15) is 0 Å². The molecular weight excluding hydrogens is 348 g/mol. The monoisotopic (exact) mass is 366 g/mol. The number of aryl methyl sites for hydroxylation is 2. The predicted octanol–water partition coefficient (Wildman–Crippen LogP) is 5.65. The Kier molecular flexibility index (Phi) is 3.76. The minimum absolute atomic E-state index is 0.239. The molecule has 136 valence electrons. The molecule has 0 heterocycles. The van der Waals surface area contributed by atoms with E-state index >= 15 is 0 Å². The molecule has 0 spiro atoms. The Labute approximate surface area is 162 Å². The van der Waals surface area contributed by atoms with Crippen molar-refractivity contribution in [2.75, 3.05) is 0 Å². The second-order valence-electron chi connectivity index (χ2n) is 7.27. The molecule has 5 rings (SSSR count). The zero-order valence-electron chi connectivity index (χ0n) is 15.5. The summed E-state index contributed by atoms with van der Waals surface area (Å²) in [5.74, 6) is 0.395. The number of hydrogen-bond acceptors (Lipinski definition) is 3. The van der Waals surface area contributed by atoms with E-state index in [1.807, 2.05) is 48.5 Å². The van der Waals surface area contributed by atoms with Crippen molar-refractivity contribution < 1.29 is 14.3 Å². The van der Waals surface area contributed by atoms with E-state index in [-0.39, 0.29) is 11.8 Å². The van der Waals surface area contributed by atoms with Gasteiger partial charge in [0, 0.05) is 12.0 Å². The molecule has 1 aliphatic carbocycles. The first-order valence-electron chi connectivity index (χ1n) is 9.41. The summed E-state index contributed by atoms with van der Waals surface area (Å²) in [5, 5.41) is 4.45. The Balaban J connectivity index is 1.60. The van der Waals surface area contributed by atoms with Crippen LogP contribution in [0.5, 0.6) is 5.75 Å². The van der Waals surface area contributed by atoms with Crippen LogP contribution in [0.2, 0.25) is 0 Å². The van der Waals surface area contributed by atoms with Gasteiger partial charge in [0.05, 0.1) is 5.56 Å². The molecule has 0 atom stereocenters. The fourth-order valence-corrected chi connectivity index (χ4v) is 4.20. The maximum absolute atomic E-state index is 12.3.